The van der Waals surface area contributed by atoms with Crippen LogP contribution in [0.25, 0.3) is 0 Å². The predicted octanol–water partition coefficient (Wildman–Crippen LogP) is 0.0649. The Balaban J connectivity index is 1.74. The van der Waals surface area contributed by atoms with Crippen LogP contribution in [0.5, 0.6) is 0 Å². The fourth-order valence-electron chi connectivity index (χ4n) is 1.53. The average molecular weight is 211 g/mol. The van der Waals surface area contributed by atoms with Crippen LogP contribution in [0, 0.1) is 5.92 Å². The van der Waals surface area contributed by atoms with E-state index < -0.39 is 12.0 Å². The Hall–Kier alpha value is -1.43. The van der Waals surface area contributed by atoms with Crippen molar-refractivity contribution in [3.63, 3.8) is 0 Å². The molecule has 0 saturated heterocycles. The summed E-state index contributed by atoms with van der Waals surface area (Å²) < 4.78 is 4.57. The first-order valence-corrected chi connectivity index (χ1v) is 4.99. The number of aromatic nitrogens is 2. The molecule has 1 atom stereocenters. The van der Waals surface area contributed by atoms with Crippen LogP contribution in [0.2, 0.25) is 0 Å². The number of rotatable bonds is 6. The molecule has 0 bridgehead atoms. The van der Waals surface area contributed by atoms with E-state index >= 15 is 0 Å². The molecule has 1 saturated carbocycles. The quantitative estimate of drug-likeness (QED) is 0.692. The number of carbonyl (C=O) groups is 1. The average Bonchev–Trinajstić information content (AvgIpc) is 2.89. The molecule has 1 heterocycles. The highest BCUT2D eigenvalue weighted by Gasteiger charge is 2.35. The Morgan fingerprint density at radius 2 is 2.53 bits per heavy atom. The molecule has 0 aliphatic heterocycles. The smallest absolute Gasteiger partial charge is 0.320 e. The van der Waals surface area contributed by atoms with E-state index in [-0.39, 0.29) is 0 Å². The van der Waals surface area contributed by atoms with E-state index in [2.05, 4.69) is 20.0 Å². The zero-order valence-electron chi connectivity index (χ0n) is 8.22. The number of nitrogens with zero attached hydrogens (tertiary/aromatic N) is 2. The first kappa shape index (κ1) is 10.1. The third-order valence-electron chi connectivity index (χ3n) is 2.48. The fourth-order valence-corrected chi connectivity index (χ4v) is 1.53. The highest BCUT2D eigenvalue weighted by atomic mass is 16.5. The zero-order chi connectivity index (χ0) is 10.7. The minimum Gasteiger partial charge on any atom is -0.480 e. The number of carboxylic acids is 1. The van der Waals surface area contributed by atoms with Gasteiger partial charge >= 0.3 is 5.97 Å². The molecule has 6 heteroatoms. The van der Waals surface area contributed by atoms with Crippen LogP contribution in [0.1, 0.15) is 18.7 Å². The Labute approximate surface area is 86.7 Å². The summed E-state index contributed by atoms with van der Waals surface area (Å²) in [6, 6.07) is -0.420. The summed E-state index contributed by atoms with van der Waals surface area (Å²) in [5.74, 6) is 0.126. The Kier molecular flexibility index (Phi) is 2.96. The number of nitrogens with one attached hydrogen (secondary N) is 1. The molecule has 1 aliphatic rings. The largest absolute Gasteiger partial charge is 0.480 e. The van der Waals surface area contributed by atoms with Crippen LogP contribution in [-0.2, 0) is 11.2 Å². The van der Waals surface area contributed by atoms with E-state index in [0.29, 0.717) is 24.7 Å². The topological polar surface area (TPSA) is 88.2 Å². The molecule has 0 aromatic carbocycles. The highest BCUT2D eigenvalue weighted by Crippen LogP contribution is 2.32. The molecule has 2 N–H and O–H groups in total. The highest BCUT2D eigenvalue weighted by molar-refractivity contribution is 5.74. The molecular formula is C9H13N3O3. The Morgan fingerprint density at radius 3 is 3.07 bits per heavy atom. The zero-order valence-corrected chi connectivity index (χ0v) is 8.22. The van der Waals surface area contributed by atoms with Crippen molar-refractivity contribution in [1.82, 2.24) is 15.5 Å². The summed E-state index contributed by atoms with van der Waals surface area (Å²) in [5.41, 5.74) is 0. The van der Waals surface area contributed by atoms with Crippen molar-refractivity contribution in [1.29, 1.82) is 0 Å². The monoisotopic (exact) mass is 211 g/mol. The van der Waals surface area contributed by atoms with Gasteiger partial charge in [-0.05, 0) is 18.8 Å². The van der Waals surface area contributed by atoms with Crippen LogP contribution < -0.4 is 5.32 Å². The maximum absolute atomic E-state index is 10.9. The van der Waals surface area contributed by atoms with E-state index in [0.717, 1.165) is 12.8 Å². The lowest BCUT2D eigenvalue weighted by Crippen LogP contribution is -2.39. The molecule has 15 heavy (non-hydrogen) atoms. The van der Waals surface area contributed by atoms with Crippen LogP contribution in [-0.4, -0.2) is 33.8 Å². The van der Waals surface area contributed by atoms with Gasteiger partial charge in [0, 0.05) is 13.0 Å². The molecule has 82 valence electrons. The molecule has 1 fully saturated rings. The molecular weight excluding hydrogens is 198 g/mol. The van der Waals surface area contributed by atoms with E-state index in [1.807, 2.05) is 0 Å². The first-order valence-electron chi connectivity index (χ1n) is 4.99. The second-order valence-corrected chi connectivity index (χ2v) is 3.70. The molecule has 6 nitrogen and oxygen atoms in total. The van der Waals surface area contributed by atoms with Gasteiger partial charge < -0.3 is 14.9 Å². The second kappa shape index (κ2) is 4.39. The lowest BCUT2D eigenvalue weighted by atomic mass is 10.2. The molecule has 1 aromatic rings. The Morgan fingerprint density at radius 1 is 1.73 bits per heavy atom. The van der Waals surface area contributed by atoms with Gasteiger partial charge in [-0.15, -0.1) is 0 Å². The van der Waals surface area contributed by atoms with Crippen LogP contribution >= 0.6 is 0 Å². The number of aliphatic carboxylic acids is 1. The maximum Gasteiger partial charge on any atom is 0.320 e. The van der Waals surface area contributed by atoms with Crippen molar-refractivity contribution < 1.29 is 14.4 Å². The number of carboxylic acid groups (broad SMARTS) is 1. The molecule has 0 spiro atoms. The number of hydrogen-bond acceptors (Lipinski definition) is 5. The fraction of sp³-hybridized carbons (Fsp3) is 0.667. The van der Waals surface area contributed by atoms with E-state index in [9.17, 15) is 4.79 Å². The van der Waals surface area contributed by atoms with Crippen LogP contribution in [0.4, 0.5) is 0 Å². The minimum absolute atomic E-state index is 0.299. The predicted molar refractivity (Wildman–Crippen MR) is 50.2 cm³/mol. The van der Waals surface area contributed by atoms with Gasteiger partial charge in [0.05, 0.1) is 0 Å². The summed E-state index contributed by atoms with van der Waals surface area (Å²) in [6.07, 6.45) is 3.87. The molecule has 0 amide bonds. The molecule has 1 aromatic heterocycles. The molecule has 1 aliphatic carbocycles. The first-order chi connectivity index (χ1) is 7.27. The van der Waals surface area contributed by atoms with Crippen molar-refractivity contribution in [2.24, 2.45) is 5.92 Å². The van der Waals surface area contributed by atoms with Crippen molar-refractivity contribution >= 4 is 5.97 Å². The second-order valence-electron chi connectivity index (χ2n) is 3.70. The summed E-state index contributed by atoms with van der Waals surface area (Å²) >= 11 is 0. The van der Waals surface area contributed by atoms with Gasteiger partial charge in [0.15, 0.2) is 5.82 Å². The summed E-state index contributed by atoms with van der Waals surface area (Å²) in [7, 11) is 0. The van der Waals surface area contributed by atoms with Gasteiger partial charge in [0.1, 0.15) is 6.04 Å². The van der Waals surface area contributed by atoms with E-state index in [4.69, 9.17) is 5.11 Å². The standard InChI is InChI=1S/C9H13N3O3/c13-9(14)8(6-1-2-6)10-4-3-7-11-5-15-12-7/h5-6,8,10H,1-4H2,(H,13,14). The van der Waals surface area contributed by atoms with Crippen molar-refractivity contribution in [2.75, 3.05) is 6.54 Å². The molecule has 1 unspecified atom stereocenters. The van der Waals surface area contributed by atoms with Gasteiger partial charge in [-0.3, -0.25) is 4.79 Å². The SMILES string of the molecule is O=C(O)C(NCCc1ncon1)C1CC1. The lowest BCUT2D eigenvalue weighted by molar-refractivity contribution is -0.140. The minimum atomic E-state index is -0.773. The van der Waals surface area contributed by atoms with Crippen molar-refractivity contribution in [3.05, 3.63) is 12.2 Å². The summed E-state index contributed by atoms with van der Waals surface area (Å²) in [4.78, 5) is 14.7. The molecule has 2 rings (SSSR count). The van der Waals surface area contributed by atoms with Crippen LogP contribution in [0.15, 0.2) is 10.9 Å². The van der Waals surface area contributed by atoms with Gasteiger partial charge in [-0.2, -0.15) is 4.98 Å². The van der Waals surface area contributed by atoms with Crippen molar-refractivity contribution in [2.45, 2.75) is 25.3 Å². The maximum atomic E-state index is 10.9. The van der Waals surface area contributed by atoms with Gasteiger partial charge in [0.2, 0.25) is 6.39 Å². The van der Waals surface area contributed by atoms with Gasteiger partial charge in [-0.1, -0.05) is 5.16 Å². The van der Waals surface area contributed by atoms with Crippen molar-refractivity contribution in [3.8, 4) is 0 Å². The summed E-state index contributed by atoms with van der Waals surface area (Å²) in [5, 5.41) is 15.6. The third kappa shape index (κ3) is 2.76. The lowest BCUT2D eigenvalue weighted by Gasteiger charge is -2.11. The number of hydrogen-bond donors (Lipinski definition) is 2. The van der Waals surface area contributed by atoms with E-state index in [1.165, 1.54) is 6.39 Å². The van der Waals surface area contributed by atoms with Crippen LogP contribution in [0.3, 0.4) is 0 Å². The van der Waals surface area contributed by atoms with Gasteiger partial charge in [-0.25, -0.2) is 0 Å². The van der Waals surface area contributed by atoms with E-state index in [1.54, 1.807) is 0 Å². The Bertz CT molecular complexity index is 321. The van der Waals surface area contributed by atoms with Gasteiger partial charge in [0.25, 0.3) is 0 Å². The normalized spacial score (nSPS) is 17.6. The third-order valence-corrected chi connectivity index (χ3v) is 2.48. The summed E-state index contributed by atoms with van der Waals surface area (Å²) in [6.45, 7) is 0.563. The molecule has 0 radical (unpaired) electrons.